The highest BCUT2D eigenvalue weighted by atomic mass is 16.5. The molecule has 0 N–H and O–H groups in total. The van der Waals surface area contributed by atoms with Gasteiger partial charge in [-0.1, -0.05) is 12.1 Å². The lowest BCUT2D eigenvalue weighted by Gasteiger charge is -2.14. The van der Waals surface area contributed by atoms with Crippen LogP contribution in [-0.4, -0.2) is 47.0 Å². The molecule has 2 aromatic carbocycles. The lowest BCUT2D eigenvalue weighted by molar-refractivity contribution is 0.0651. The van der Waals surface area contributed by atoms with Gasteiger partial charge in [-0.25, -0.2) is 4.98 Å². The van der Waals surface area contributed by atoms with Gasteiger partial charge in [0.1, 0.15) is 0 Å². The molecule has 0 atom stereocenters. The molecule has 4 rings (SSSR count). The third kappa shape index (κ3) is 2.81. The Labute approximate surface area is 156 Å². The van der Waals surface area contributed by atoms with E-state index in [1.54, 1.807) is 44.8 Å². The first-order valence-electron chi connectivity index (χ1n) is 8.66. The summed E-state index contributed by atoms with van der Waals surface area (Å²) in [6.45, 7) is 0.985. The van der Waals surface area contributed by atoms with Gasteiger partial charge in [-0.3, -0.25) is 14.5 Å². The van der Waals surface area contributed by atoms with Gasteiger partial charge in [-0.05, 0) is 18.6 Å². The largest absolute Gasteiger partial charge is 0.493 e. The molecule has 7 heteroatoms. The van der Waals surface area contributed by atoms with Crippen molar-refractivity contribution in [1.29, 1.82) is 0 Å². The van der Waals surface area contributed by atoms with Crippen LogP contribution in [0.5, 0.6) is 11.5 Å². The molecule has 27 heavy (non-hydrogen) atoms. The van der Waals surface area contributed by atoms with Gasteiger partial charge in [0, 0.05) is 25.2 Å². The van der Waals surface area contributed by atoms with Crippen LogP contribution in [0.15, 0.2) is 42.7 Å². The Morgan fingerprint density at radius 1 is 0.926 bits per heavy atom. The maximum absolute atomic E-state index is 12.4. The van der Waals surface area contributed by atoms with Crippen molar-refractivity contribution < 1.29 is 19.1 Å². The molecule has 0 saturated carbocycles. The SMILES string of the molecule is COc1cc2ncn(CCCN3C(=O)c4ccccc4C3=O)c2cc1OC. The van der Waals surface area contributed by atoms with Gasteiger partial charge < -0.3 is 14.0 Å². The second kappa shape index (κ2) is 6.75. The van der Waals surface area contributed by atoms with Gasteiger partial charge >= 0.3 is 0 Å². The van der Waals surface area contributed by atoms with Gasteiger partial charge in [-0.15, -0.1) is 0 Å². The number of imidazole rings is 1. The van der Waals surface area contributed by atoms with Crippen molar-refractivity contribution in [1.82, 2.24) is 14.5 Å². The molecule has 1 aromatic heterocycles. The Morgan fingerprint density at radius 2 is 1.56 bits per heavy atom. The number of carbonyl (C=O) groups excluding carboxylic acids is 2. The van der Waals surface area contributed by atoms with E-state index in [1.165, 1.54) is 4.90 Å². The van der Waals surface area contributed by atoms with Crippen molar-refractivity contribution in [2.75, 3.05) is 20.8 Å². The molecule has 7 nitrogen and oxygen atoms in total. The van der Waals surface area contributed by atoms with E-state index in [-0.39, 0.29) is 11.8 Å². The monoisotopic (exact) mass is 365 g/mol. The number of hydrogen-bond acceptors (Lipinski definition) is 5. The van der Waals surface area contributed by atoms with Crippen LogP contribution in [0.3, 0.4) is 0 Å². The lowest BCUT2D eigenvalue weighted by atomic mass is 10.1. The average Bonchev–Trinajstić information content (AvgIpc) is 3.20. The van der Waals surface area contributed by atoms with E-state index in [2.05, 4.69) is 4.98 Å². The molecule has 0 bridgehead atoms. The van der Waals surface area contributed by atoms with Gasteiger partial charge in [0.05, 0.1) is 42.7 Å². The predicted octanol–water partition coefficient (Wildman–Crippen LogP) is 2.74. The molecule has 0 spiro atoms. The Balaban J connectivity index is 1.49. The van der Waals surface area contributed by atoms with Crippen LogP contribution < -0.4 is 9.47 Å². The summed E-state index contributed by atoms with van der Waals surface area (Å²) in [6.07, 6.45) is 2.37. The normalized spacial score (nSPS) is 13.3. The van der Waals surface area contributed by atoms with Gasteiger partial charge in [0.25, 0.3) is 11.8 Å². The summed E-state index contributed by atoms with van der Waals surface area (Å²) in [6, 6.07) is 10.6. The Hall–Kier alpha value is -3.35. The molecule has 2 heterocycles. The molecule has 0 radical (unpaired) electrons. The average molecular weight is 365 g/mol. The van der Waals surface area contributed by atoms with Crippen LogP contribution in [0.25, 0.3) is 11.0 Å². The van der Waals surface area contributed by atoms with Crippen molar-refractivity contribution in [2.45, 2.75) is 13.0 Å². The molecular formula is C20H19N3O4. The first-order chi connectivity index (χ1) is 13.1. The quantitative estimate of drug-likeness (QED) is 0.628. The first-order valence-corrected chi connectivity index (χ1v) is 8.66. The molecule has 1 aliphatic heterocycles. The number of aromatic nitrogens is 2. The molecular weight excluding hydrogens is 346 g/mol. The Morgan fingerprint density at radius 3 is 2.19 bits per heavy atom. The number of rotatable bonds is 6. The van der Waals surface area contributed by atoms with Crippen molar-refractivity contribution >= 4 is 22.8 Å². The van der Waals surface area contributed by atoms with Crippen LogP contribution in [0.2, 0.25) is 0 Å². The Bertz CT molecular complexity index is 1010. The number of aryl methyl sites for hydroxylation is 1. The van der Waals surface area contributed by atoms with Crippen LogP contribution in [0, 0.1) is 0 Å². The highest BCUT2D eigenvalue weighted by Gasteiger charge is 2.34. The number of benzene rings is 2. The molecule has 0 fully saturated rings. The zero-order valence-corrected chi connectivity index (χ0v) is 15.1. The highest BCUT2D eigenvalue weighted by Crippen LogP contribution is 2.31. The minimum atomic E-state index is -0.225. The predicted molar refractivity (Wildman–Crippen MR) is 99.3 cm³/mol. The van der Waals surface area contributed by atoms with E-state index in [1.807, 2.05) is 16.7 Å². The number of fused-ring (bicyclic) bond motifs is 2. The van der Waals surface area contributed by atoms with E-state index >= 15 is 0 Å². The van der Waals surface area contributed by atoms with Crippen molar-refractivity contribution in [3.8, 4) is 11.5 Å². The van der Waals surface area contributed by atoms with E-state index in [9.17, 15) is 9.59 Å². The summed E-state index contributed by atoms with van der Waals surface area (Å²) in [5, 5.41) is 0. The minimum Gasteiger partial charge on any atom is -0.493 e. The Kier molecular flexibility index (Phi) is 4.27. The van der Waals surface area contributed by atoms with E-state index in [4.69, 9.17) is 9.47 Å². The topological polar surface area (TPSA) is 73.7 Å². The summed E-state index contributed by atoms with van der Waals surface area (Å²) < 4.78 is 12.6. The number of hydrogen-bond donors (Lipinski definition) is 0. The van der Waals surface area contributed by atoms with Crippen LogP contribution in [-0.2, 0) is 6.54 Å². The summed E-state index contributed by atoms with van der Waals surface area (Å²) in [7, 11) is 3.18. The summed E-state index contributed by atoms with van der Waals surface area (Å²) in [5.41, 5.74) is 2.67. The van der Waals surface area contributed by atoms with Gasteiger partial charge in [-0.2, -0.15) is 0 Å². The fourth-order valence-corrected chi connectivity index (χ4v) is 3.40. The zero-order valence-electron chi connectivity index (χ0n) is 15.1. The second-order valence-corrected chi connectivity index (χ2v) is 6.29. The fourth-order valence-electron chi connectivity index (χ4n) is 3.40. The maximum Gasteiger partial charge on any atom is 0.261 e. The molecule has 0 unspecified atom stereocenters. The number of methoxy groups -OCH3 is 2. The first kappa shape index (κ1) is 17.1. The summed E-state index contributed by atoms with van der Waals surface area (Å²) in [4.78, 5) is 30.6. The molecule has 2 amide bonds. The molecule has 0 aliphatic carbocycles. The molecule has 3 aromatic rings. The molecule has 0 saturated heterocycles. The fraction of sp³-hybridized carbons (Fsp3) is 0.250. The number of amides is 2. The number of imide groups is 1. The van der Waals surface area contributed by atoms with Gasteiger partial charge in [0.15, 0.2) is 11.5 Å². The van der Waals surface area contributed by atoms with E-state index < -0.39 is 0 Å². The van der Waals surface area contributed by atoms with Crippen LogP contribution in [0.1, 0.15) is 27.1 Å². The van der Waals surface area contributed by atoms with Crippen molar-refractivity contribution in [2.24, 2.45) is 0 Å². The van der Waals surface area contributed by atoms with E-state index in [0.717, 1.165) is 11.0 Å². The van der Waals surface area contributed by atoms with E-state index in [0.29, 0.717) is 42.1 Å². The highest BCUT2D eigenvalue weighted by molar-refractivity contribution is 6.21. The second-order valence-electron chi connectivity index (χ2n) is 6.29. The molecule has 138 valence electrons. The smallest absolute Gasteiger partial charge is 0.261 e. The number of ether oxygens (including phenoxy) is 2. The summed E-state index contributed by atoms with van der Waals surface area (Å²) >= 11 is 0. The van der Waals surface area contributed by atoms with Crippen LogP contribution >= 0.6 is 0 Å². The number of carbonyl (C=O) groups is 2. The number of nitrogens with zero attached hydrogens (tertiary/aromatic N) is 3. The summed E-state index contributed by atoms with van der Waals surface area (Å²) in [5.74, 6) is 0.809. The van der Waals surface area contributed by atoms with Crippen molar-refractivity contribution in [3.05, 3.63) is 53.9 Å². The third-order valence-corrected chi connectivity index (χ3v) is 4.79. The van der Waals surface area contributed by atoms with Gasteiger partial charge in [0.2, 0.25) is 0 Å². The molecule has 1 aliphatic rings. The van der Waals surface area contributed by atoms with Crippen LogP contribution in [0.4, 0.5) is 0 Å². The standard InChI is InChI=1S/C20H19N3O4/c1-26-17-10-15-16(11-18(17)27-2)22(12-21-15)8-5-9-23-19(24)13-6-3-4-7-14(13)20(23)25/h3-4,6-7,10-12H,5,8-9H2,1-2H3. The maximum atomic E-state index is 12.4. The van der Waals surface area contributed by atoms with Crippen molar-refractivity contribution in [3.63, 3.8) is 0 Å². The minimum absolute atomic E-state index is 0.225. The lowest BCUT2D eigenvalue weighted by Crippen LogP contribution is -2.31. The third-order valence-electron chi connectivity index (χ3n) is 4.79. The zero-order chi connectivity index (χ0) is 19.0.